The number of ether oxygens (including phenoxy) is 1. The maximum Gasteiger partial charge on any atom is 0.272 e. The number of nitrogens with zero attached hydrogens (tertiary/aromatic N) is 4. The molecular weight excluding hydrogens is 366 g/mol. The van der Waals surface area contributed by atoms with Gasteiger partial charge < -0.3 is 19.9 Å². The monoisotopic (exact) mass is 397 g/mol. The molecule has 0 aliphatic carbocycles. The Hall–Kier alpha value is -2.83. The molecule has 2 heterocycles. The van der Waals surface area contributed by atoms with E-state index in [1.54, 1.807) is 13.2 Å². The highest BCUT2D eigenvalue weighted by Gasteiger charge is 2.24. The fraction of sp³-hybridized carbons (Fsp3) is 0.500. The molecule has 1 aromatic heterocycles. The Kier molecular flexibility index (Phi) is 6.90. The van der Waals surface area contributed by atoms with Crippen LogP contribution in [0.15, 0.2) is 30.3 Å². The molecule has 3 rings (SSSR count). The van der Waals surface area contributed by atoms with Crippen LogP contribution in [-0.2, 0) is 0 Å². The molecule has 1 amide bonds. The molecule has 0 atom stereocenters. The van der Waals surface area contributed by atoms with Crippen LogP contribution in [0.4, 0.5) is 11.6 Å². The number of benzene rings is 1. The molecule has 2 aromatic rings. The molecule has 29 heavy (non-hydrogen) atoms. The summed E-state index contributed by atoms with van der Waals surface area (Å²) in [6.45, 7) is 9.99. The number of piperazine rings is 1. The van der Waals surface area contributed by atoms with Crippen molar-refractivity contribution in [3.8, 4) is 5.75 Å². The van der Waals surface area contributed by atoms with Crippen LogP contribution in [0.25, 0.3) is 0 Å². The van der Waals surface area contributed by atoms with Gasteiger partial charge in [-0.05, 0) is 49.6 Å². The van der Waals surface area contributed by atoms with E-state index < -0.39 is 0 Å². The molecule has 1 saturated heterocycles. The minimum atomic E-state index is -0.0307. The van der Waals surface area contributed by atoms with E-state index in [2.05, 4.69) is 46.2 Å². The number of carbonyl (C=O) groups excluding carboxylic acids is 1. The molecule has 1 aliphatic rings. The molecule has 7 nitrogen and oxygen atoms in total. The summed E-state index contributed by atoms with van der Waals surface area (Å²) in [6, 6.07) is 9.80. The number of aryl methyl sites for hydroxylation is 1. The summed E-state index contributed by atoms with van der Waals surface area (Å²) in [4.78, 5) is 26.0. The summed E-state index contributed by atoms with van der Waals surface area (Å²) in [7, 11) is 1.67. The lowest BCUT2D eigenvalue weighted by atomic mass is 10.1. The minimum Gasteiger partial charge on any atom is -0.497 e. The fourth-order valence-electron chi connectivity index (χ4n) is 3.35. The molecular formula is C22H31N5O2. The minimum absolute atomic E-state index is 0.0307. The topological polar surface area (TPSA) is 70.6 Å². The Bertz CT molecular complexity index is 814. The number of anilines is 2. The highest BCUT2D eigenvalue weighted by molar-refractivity contribution is 5.92. The van der Waals surface area contributed by atoms with E-state index in [-0.39, 0.29) is 5.91 Å². The summed E-state index contributed by atoms with van der Waals surface area (Å²) in [5, 5.41) is 3.24. The quantitative estimate of drug-likeness (QED) is 0.774. The first-order valence-corrected chi connectivity index (χ1v) is 10.2. The van der Waals surface area contributed by atoms with Gasteiger partial charge in [0.05, 0.1) is 7.11 Å². The van der Waals surface area contributed by atoms with Crippen molar-refractivity contribution < 1.29 is 9.53 Å². The maximum atomic E-state index is 13.0. The van der Waals surface area contributed by atoms with E-state index in [0.717, 1.165) is 43.2 Å². The molecule has 0 spiro atoms. The first-order chi connectivity index (χ1) is 14.0. The molecule has 1 aromatic carbocycles. The van der Waals surface area contributed by atoms with Crippen molar-refractivity contribution >= 4 is 17.5 Å². The van der Waals surface area contributed by atoms with E-state index in [1.807, 2.05) is 24.0 Å². The van der Waals surface area contributed by atoms with Gasteiger partial charge in [0.25, 0.3) is 5.91 Å². The third-order valence-electron chi connectivity index (χ3n) is 5.08. The van der Waals surface area contributed by atoms with Crippen LogP contribution in [0.1, 0.15) is 36.5 Å². The molecule has 0 saturated carbocycles. The van der Waals surface area contributed by atoms with E-state index >= 15 is 0 Å². The van der Waals surface area contributed by atoms with Crippen LogP contribution in [0.3, 0.4) is 0 Å². The fourth-order valence-corrected chi connectivity index (χ4v) is 3.35. The van der Waals surface area contributed by atoms with Crippen molar-refractivity contribution in [1.29, 1.82) is 0 Å². The second-order valence-electron chi connectivity index (χ2n) is 7.80. The Morgan fingerprint density at radius 3 is 2.45 bits per heavy atom. The van der Waals surface area contributed by atoms with E-state index in [0.29, 0.717) is 30.6 Å². The summed E-state index contributed by atoms with van der Waals surface area (Å²) < 4.78 is 5.22. The van der Waals surface area contributed by atoms with Gasteiger partial charge in [-0.1, -0.05) is 13.8 Å². The lowest BCUT2D eigenvalue weighted by Gasteiger charge is -2.36. The molecule has 1 aliphatic heterocycles. The average Bonchev–Trinajstić information content (AvgIpc) is 2.73. The van der Waals surface area contributed by atoms with E-state index in [4.69, 9.17) is 4.74 Å². The van der Waals surface area contributed by atoms with Gasteiger partial charge in [0.15, 0.2) is 0 Å². The first-order valence-electron chi connectivity index (χ1n) is 10.2. The molecule has 1 N–H and O–H groups in total. The predicted molar refractivity (Wildman–Crippen MR) is 116 cm³/mol. The summed E-state index contributed by atoms with van der Waals surface area (Å²) in [5.41, 5.74) is 2.40. The van der Waals surface area contributed by atoms with Crippen molar-refractivity contribution in [2.24, 2.45) is 5.92 Å². The number of hydrogen-bond donors (Lipinski definition) is 1. The van der Waals surface area contributed by atoms with Crippen LogP contribution in [0, 0.1) is 12.8 Å². The van der Waals surface area contributed by atoms with Crippen LogP contribution < -0.4 is 15.0 Å². The largest absolute Gasteiger partial charge is 0.497 e. The van der Waals surface area contributed by atoms with Gasteiger partial charge in [-0.15, -0.1) is 0 Å². The summed E-state index contributed by atoms with van der Waals surface area (Å²) >= 11 is 0. The van der Waals surface area contributed by atoms with Crippen molar-refractivity contribution in [3.63, 3.8) is 0 Å². The summed E-state index contributed by atoms with van der Waals surface area (Å²) in [5.74, 6) is 1.96. The maximum absolute atomic E-state index is 13.0. The molecule has 0 radical (unpaired) electrons. The van der Waals surface area contributed by atoms with Gasteiger partial charge in [0.1, 0.15) is 11.4 Å². The number of methoxy groups -OCH3 is 1. The molecule has 156 valence electrons. The SMILES string of the molecule is COc1ccc(N2CCN(C(=O)c3cc(C)nc(NCCC(C)C)n3)CC2)cc1. The van der Waals surface area contributed by atoms with Gasteiger partial charge in [-0.3, -0.25) is 4.79 Å². The van der Waals surface area contributed by atoms with Crippen molar-refractivity contribution in [3.05, 3.63) is 41.7 Å². The zero-order valence-corrected chi connectivity index (χ0v) is 17.8. The van der Waals surface area contributed by atoms with Crippen LogP contribution in [0.2, 0.25) is 0 Å². The number of nitrogens with one attached hydrogen (secondary N) is 1. The zero-order chi connectivity index (χ0) is 20.8. The normalized spacial score (nSPS) is 14.2. The van der Waals surface area contributed by atoms with Crippen LogP contribution in [-0.4, -0.2) is 60.6 Å². The summed E-state index contributed by atoms with van der Waals surface area (Å²) in [6.07, 6.45) is 1.04. The average molecular weight is 398 g/mol. The van der Waals surface area contributed by atoms with Gasteiger partial charge >= 0.3 is 0 Å². The number of aromatic nitrogens is 2. The van der Waals surface area contributed by atoms with Gasteiger partial charge in [-0.25, -0.2) is 9.97 Å². The molecule has 0 unspecified atom stereocenters. The smallest absolute Gasteiger partial charge is 0.272 e. The van der Waals surface area contributed by atoms with Crippen molar-refractivity contribution in [2.45, 2.75) is 27.2 Å². The van der Waals surface area contributed by atoms with E-state index in [1.165, 1.54) is 0 Å². The predicted octanol–water partition coefficient (Wildman–Crippen LogP) is 3.21. The lowest BCUT2D eigenvalue weighted by molar-refractivity contribution is 0.0740. The second kappa shape index (κ2) is 9.58. The zero-order valence-electron chi connectivity index (χ0n) is 17.8. The number of carbonyl (C=O) groups is 1. The standard InChI is InChI=1S/C22H31N5O2/c1-16(2)9-10-23-22-24-17(3)15-20(25-22)21(28)27-13-11-26(12-14-27)18-5-7-19(29-4)8-6-18/h5-8,15-16H,9-14H2,1-4H3,(H,23,24,25). The van der Waals surface area contributed by atoms with Crippen LogP contribution >= 0.6 is 0 Å². The third kappa shape index (κ3) is 5.59. The Balaban J connectivity index is 1.60. The van der Waals surface area contributed by atoms with Crippen LogP contribution in [0.5, 0.6) is 5.75 Å². The first kappa shape index (κ1) is 20.9. The highest BCUT2D eigenvalue weighted by atomic mass is 16.5. The van der Waals surface area contributed by atoms with E-state index in [9.17, 15) is 4.79 Å². The Morgan fingerprint density at radius 1 is 1.14 bits per heavy atom. The third-order valence-corrected chi connectivity index (χ3v) is 5.08. The number of amides is 1. The number of rotatable bonds is 7. The Labute approximate surface area is 173 Å². The van der Waals surface area contributed by atoms with Gasteiger partial charge in [0, 0.05) is 44.1 Å². The van der Waals surface area contributed by atoms with Crippen molar-refractivity contribution in [1.82, 2.24) is 14.9 Å². The highest BCUT2D eigenvalue weighted by Crippen LogP contribution is 2.21. The number of hydrogen-bond acceptors (Lipinski definition) is 6. The molecule has 0 bridgehead atoms. The lowest BCUT2D eigenvalue weighted by Crippen LogP contribution is -2.49. The second-order valence-corrected chi connectivity index (χ2v) is 7.80. The van der Waals surface area contributed by atoms with Gasteiger partial charge in [0.2, 0.25) is 5.95 Å². The molecule has 1 fully saturated rings. The van der Waals surface area contributed by atoms with Crippen molar-refractivity contribution in [2.75, 3.05) is 50.1 Å². The van der Waals surface area contributed by atoms with Gasteiger partial charge in [-0.2, -0.15) is 0 Å². The Morgan fingerprint density at radius 2 is 1.83 bits per heavy atom. The molecule has 7 heteroatoms.